The maximum atomic E-state index is 12.9. The van der Waals surface area contributed by atoms with Crippen molar-refractivity contribution in [2.45, 2.75) is 33.1 Å². The Labute approximate surface area is 178 Å². The first-order valence-corrected chi connectivity index (χ1v) is 10.4. The van der Waals surface area contributed by atoms with Crippen LogP contribution in [0.5, 0.6) is 11.5 Å². The number of aryl methyl sites for hydroxylation is 2. The molecule has 1 N–H and O–H groups in total. The van der Waals surface area contributed by atoms with Crippen molar-refractivity contribution in [3.8, 4) is 11.5 Å². The zero-order valence-electron chi connectivity index (χ0n) is 18.2. The summed E-state index contributed by atoms with van der Waals surface area (Å²) in [6.45, 7) is 5.19. The molecule has 1 heterocycles. The van der Waals surface area contributed by atoms with Crippen molar-refractivity contribution < 1.29 is 19.1 Å². The van der Waals surface area contributed by atoms with E-state index in [1.54, 1.807) is 37.3 Å². The number of hydrogen-bond acceptors (Lipinski definition) is 4. The van der Waals surface area contributed by atoms with Crippen LogP contribution in [0.3, 0.4) is 0 Å². The highest BCUT2D eigenvalue weighted by atomic mass is 16.5. The van der Waals surface area contributed by atoms with E-state index in [1.807, 2.05) is 25.1 Å². The van der Waals surface area contributed by atoms with Gasteiger partial charge in [-0.1, -0.05) is 25.1 Å². The lowest BCUT2D eigenvalue weighted by molar-refractivity contribution is -0.121. The summed E-state index contributed by atoms with van der Waals surface area (Å²) in [5.41, 5.74) is 3.67. The van der Waals surface area contributed by atoms with E-state index in [1.165, 1.54) is 0 Å². The molecule has 2 aromatic rings. The monoisotopic (exact) mass is 410 g/mol. The SMILES string of the molecule is CCc1cccc(C)c1NC(=O)C1CCN(C(=O)c2cc(OC)cc(OC)c2)CC1. The van der Waals surface area contributed by atoms with Gasteiger partial charge in [0.2, 0.25) is 5.91 Å². The molecule has 2 amide bonds. The van der Waals surface area contributed by atoms with E-state index in [9.17, 15) is 9.59 Å². The fourth-order valence-corrected chi connectivity index (χ4v) is 3.89. The van der Waals surface area contributed by atoms with Crippen molar-refractivity contribution in [1.29, 1.82) is 0 Å². The van der Waals surface area contributed by atoms with Crippen LogP contribution in [0, 0.1) is 12.8 Å². The van der Waals surface area contributed by atoms with Crippen LogP contribution in [-0.2, 0) is 11.2 Å². The van der Waals surface area contributed by atoms with E-state index in [-0.39, 0.29) is 17.7 Å². The van der Waals surface area contributed by atoms with Crippen molar-refractivity contribution in [3.05, 3.63) is 53.1 Å². The summed E-state index contributed by atoms with van der Waals surface area (Å²) < 4.78 is 10.5. The Balaban J connectivity index is 1.63. The van der Waals surface area contributed by atoms with E-state index in [2.05, 4.69) is 12.2 Å². The van der Waals surface area contributed by atoms with Crippen LogP contribution in [-0.4, -0.2) is 44.0 Å². The molecule has 0 saturated carbocycles. The van der Waals surface area contributed by atoms with Gasteiger partial charge in [0.25, 0.3) is 5.91 Å². The third-order valence-electron chi connectivity index (χ3n) is 5.74. The van der Waals surface area contributed by atoms with Gasteiger partial charge >= 0.3 is 0 Å². The summed E-state index contributed by atoms with van der Waals surface area (Å²) in [5.74, 6) is 1.03. The van der Waals surface area contributed by atoms with Gasteiger partial charge < -0.3 is 19.7 Å². The number of piperidine rings is 1. The van der Waals surface area contributed by atoms with Gasteiger partial charge in [-0.15, -0.1) is 0 Å². The van der Waals surface area contributed by atoms with E-state index in [4.69, 9.17) is 9.47 Å². The van der Waals surface area contributed by atoms with E-state index >= 15 is 0 Å². The quantitative estimate of drug-likeness (QED) is 0.780. The number of methoxy groups -OCH3 is 2. The van der Waals surface area contributed by atoms with Gasteiger partial charge in [0, 0.05) is 36.3 Å². The van der Waals surface area contributed by atoms with Crippen LogP contribution >= 0.6 is 0 Å². The first kappa shape index (κ1) is 21.7. The van der Waals surface area contributed by atoms with Crippen LogP contribution in [0.4, 0.5) is 5.69 Å². The van der Waals surface area contributed by atoms with Crippen LogP contribution in [0.2, 0.25) is 0 Å². The number of para-hydroxylation sites is 1. The molecule has 0 spiro atoms. The molecule has 0 unspecified atom stereocenters. The molecule has 0 radical (unpaired) electrons. The lowest BCUT2D eigenvalue weighted by Crippen LogP contribution is -2.41. The number of hydrogen-bond donors (Lipinski definition) is 1. The molecule has 1 aliphatic rings. The Hall–Kier alpha value is -3.02. The van der Waals surface area contributed by atoms with Gasteiger partial charge in [-0.2, -0.15) is 0 Å². The summed E-state index contributed by atoms with van der Waals surface area (Å²) in [6.07, 6.45) is 2.16. The first-order valence-electron chi connectivity index (χ1n) is 10.4. The number of carbonyl (C=O) groups is 2. The molecule has 6 heteroatoms. The topological polar surface area (TPSA) is 67.9 Å². The number of nitrogens with one attached hydrogen (secondary N) is 1. The highest BCUT2D eigenvalue weighted by Crippen LogP contribution is 2.27. The largest absolute Gasteiger partial charge is 0.497 e. The molecule has 1 saturated heterocycles. The fraction of sp³-hybridized carbons (Fsp3) is 0.417. The third kappa shape index (κ3) is 4.75. The summed E-state index contributed by atoms with van der Waals surface area (Å²) in [5, 5.41) is 3.13. The van der Waals surface area contributed by atoms with Gasteiger partial charge in [0.1, 0.15) is 11.5 Å². The maximum Gasteiger partial charge on any atom is 0.254 e. The third-order valence-corrected chi connectivity index (χ3v) is 5.74. The van der Waals surface area contributed by atoms with Crippen LogP contribution < -0.4 is 14.8 Å². The zero-order valence-corrected chi connectivity index (χ0v) is 18.2. The second-order valence-corrected chi connectivity index (χ2v) is 7.62. The fourth-order valence-electron chi connectivity index (χ4n) is 3.89. The molecular weight excluding hydrogens is 380 g/mol. The number of ether oxygens (including phenoxy) is 2. The predicted molar refractivity (Wildman–Crippen MR) is 117 cm³/mol. The number of rotatable bonds is 6. The van der Waals surface area contributed by atoms with Gasteiger partial charge in [-0.05, 0) is 49.4 Å². The minimum atomic E-state index is -0.0989. The molecule has 0 aromatic heterocycles. The van der Waals surface area contributed by atoms with Crippen LogP contribution in [0.15, 0.2) is 36.4 Å². The Morgan fingerprint density at radius 1 is 1.07 bits per heavy atom. The normalized spacial score (nSPS) is 14.3. The lowest BCUT2D eigenvalue weighted by Gasteiger charge is -2.31. The molecule has 0 atom stereocenters. The molecule has 3 rings (SSSR count). The molecule has 1 aliphatic heterocycles. The number of amides is 2. The molecule has 1 fully saturated rings. The molecule has 0 bridgehead atoms. The summed E-state index contributed by atoms with van der Waals surface area (Å²) in [7, 11) is 3.12. The van der Waals surface area contributed by atoms with Crippen molar-refractivity contribution in [2.24, 2.45) is 5.92 Å². The Morgan fingerprint density at radius 3 is 2.27 bits per heavy atom. The van der Waals surface area contributed by atoms with Crippen LogP contribution in [0.1, 0.15) is 41.3 Å². The van der Waals surface area contributed by atoms with E-state index in [0.717, 1.165) is 23.2 Å². The molecule has 0 aliphatic carbocycles. The minimum Gasteiger partial charge on any atom is -0.497 e. The van der Waals surface area contributed by atoms with E-state index < -0.39 is 0 Å². The highest BCUT2D eigenvalue weighted by molar-refractivity contribution is 5.96. The maximum absolute atomic E-state index is 12.9. The summed E-state index contributed by atoms with van der Waals surface area (Å²) in [4.78, 5) is 27.6. The van der Waals surface area contributed by atoms with E-state index in [0.29, 0.717) is 43.0 Å². The number of likely N-dealkylation sites (tertiary alicyclic amines) is 1. The molecule has 160 valence electrons. The van der Waals surface area contributed by atoms with Crippen molar-refractivity contribution in [3.63, 3.8) is 0 Å². The number of anilines is 1. The summed E-state index contributed by atoms with van der Waals surface area (Å²) in [6, 6.07) is 11.2. The van der Waals surface area contributed by atoms with Gasteiger partial charge in [-0.3, -0.25) is 9.59 Å². The van der Waals surface area contributed by atoms with Crippen LogP contribution in [0.25, 0.3) is 0 Å². The lowest BCUT2D eigenvalue weighted by atomic mass is 9.94. The van der Waals surface area contributed by atoms with Gasteiger partial charge in [0.05, 0.1) is 14.2 Å². The Kier molecular flexibility index (Phi) is 6.98. The second-order valence-electron chi connectivity index (χ2n) is 7.62. The van der Waals surface area contributed by atoms with Gasteiger partial charge in [-0.25, -0.2) is 0 Å². The molecule has 6 nitrogen and oxygen atoms in total. The summed E-state index contributed by atoms with van der Waals surface area (Å²) >= 11 is 0. The zero-order chi connectivity index (χ0) is 21.7. The second kappa shape index (κ2) is 9.65. The van der Waals surface area contributed by atoms with Gasteiger partial charge in [0.15, 0.2) is 0 Å². The Morgan fingerprint density at radius 2 is 1.70 bits per heavy atom. The predicted octanol–water partition coefficient (Wildman–Crippen LogP) is 4.07. The smallest absolute Gasteiger partial charge is 0.254 e. The highest BCUT2D eigenvalue weighted by Gasteiger charge is 2.28. The average molecular weight is 411 g/mol. The van der Waals surface area contributed by atoms with Crippen molar-refractivity contribution >= 4 is 17.5 Å². The number of benzene rings is 2. The molecular formula is C24H30N2O4. The number of nitrogens with zero attached hydrogens (tertiary/aromatic N) is 1. The average Bonchev–Trinajstić information content (AvgIpc) is 2.79. The number of carbonyl (C=O) groups excluding carboxylic acids is 2. The first-order chi connectivity index (χ1) is 14.5. The minimum absolute atomic E-state index is 0.0362. The van der Waals surface area contributed by atoms with Crippen molar-refractivity contribution in [1.82, 2.24) is 4.90 Å². The van der Waals surface area contributed by atoms with Crippen molar-refractivity contribution in [2.75, 3.05) is 32.6 Å². The Bertz CT molecular complexity index is 895. The molecule has 30 heavy (non-hydrogen) atoms. The molecule has 2 aromatic carbocycles. The standard InChI is InChI=1S/C24H30N2O4/c1-5-17-8-6-7-16(2)22(17)25-23(27)18-9-11-26(12-10-18)24(28)19-13-20(29-3)15-21(14-19)30-4/h6-8,13-15,18H,5,9-12H2,1-4H3,(H,25,27).